The highest BCUT2D eigenvalue weighted by atomic mass is 16.6. The number of unbranched alkanes of at least 4 members (excludes halogenated alkanes) is 2. The van der Waals surface area contributed by atoms with Gasteiger partial charge in [-0.3, -0.25) is 0 Å². The van der Waals surface area contributed by atoms with E-state index in [1.807, 2.05) is 30.3 Å². The fraction of sp³-hybridized carbons (Fsp3) is 0.533. The summed E-state index contributed by atoms with van der Waals surface area (Å²) in [6, 6.07) is 9.58. The SMILES string of the molecule is CCCCCN(CCO)C(=O)OCc1ccccc1. The average molecular weight is 265 g/mol. The Bertz CT molecular complexity index is 354. The maximum atomic E-state index is 11.9. The lowest BCUT2D eigenvalue weighted by molar-refractivity contribution is 0.0879. The third-order valence-electron chi connectivity index (χ3n) is 2.86. The number of hydrogen-bond donors (Lipinski definition) is 1. The van der Waals surface area contributed by atoms with Crippen LogP contribution in [0.5, 0.6) is 0 Å². The molecule has 0 saturated heterocycles. The van der Waals surface area contributed by atoms with Gasteiger partial charge in [0, 0.05) is 13.1 Å². The number of aliphatic hydroxyl groups excluding tert-OH is 1. The molecule has 0 fully saturated rings. The molecule has 0 bridgehead atoms. The van der Waals surface area contributed by atoms with Crippen LogP contribution in [-0.2, 0) is 11.3 Å². The molecule has 4 nitrogen and oxygen atoms in total. The van der Waals surface area contributed by atoms with E-state index in [1.165, 1.54) is 0 Å². The summed E-state index contributed by atoms with van der Waals surface area (Å²) in [5, 5.41) is 8.98. The lowest BCUT2D eigenvalue weighted by Gasteiger charge is -2.21. The van der Waals surface area contributed by atoms with E-state index in [9.17, 15) is 4.79 Å². The molecule has 0 aliphatic rings. The Balaban J connectivity index is 2.38. The Hall–Kier alpha value is -1.55. The van der Waals surface area contributed by atoms with Gasteiger partial charge in [0.2, 0.25) is 0 Å². The smallest absolute Gasteiger partial charge is 0.410 e. The van der Waals surface area contributed by atoms with Crippen molar-refractivity contribution in [2.45, 2.75) is 32.8 Å². The van der Waals surface area contributed by atoms with Gasteiger partial charge in [-0.1, -0.05) is 50.1 Å². The summed E-state index contributed by atoms with van der Waals surface area (Å²) in [4.78, 5) is 13.5. The quantitative estimate of drug-likeness (QED) is 0.735. The molecule has 1 rings (SSSR count). The number of rotatable bonds is 8. The Labute approximate surface area is 115 Å². The van der Waals surface area contributed by atoms with Crippen molar-refractivity contribution >= 4 is 6.09 Å². The first-order chi connectivity index (χ1) is 9.27. The van der Waals surface area contributed by atoms with Crippen molar-refractivity contribution in [3.05, 3.63) is 35.9 Å². The standard InChI is InChI=1S/C15H23NO3/c1-2-3-7-10-16(11-12-17)15(18)19-13-14-8-5-4-6-9-14/h4-6,8-9,17H,2-3,7,10-13H2,1H3. The Kier molecular flexibility index (Phi) is 7.66. The van der Waals surface area contributed by atoms with Gasteiger partial charge in [-0.05, 0) is 12.0 Å². The Morgan fingerprint density at radius 3 is 2.58 bits per heavy atom. The van der Waals surface area contributed by atoms with E-state index in [0.717, 1.165) is 24.8 Å². The Morgan fingerprint density at radius 2 is 1.95 bits per heavy atom. The highest BCUT2D eigenvalue weighted by molar-refractivity contribution is 5.67. The summed E-state index contributed by atoms with van der Waals surface area (Å²) in [6.07, 6.45) is 2.77. The van der Waals surface area contributed by atoms with E-state index in [0.29, 0.717) is 13.1 Å². The zero-order chi connectivity index (χ0) is 13.9. The average Bonchev–Trinajstić information content (AvgIpc) is 2.45. The molecule has 0 aliphatic heterocycles. The van der Waals surface area contributed by atoms with Crippen molar-refractivity contribution in [2.75, 3.05) is 19.7 Å². The van der Waals surface area contributed by atoms with E-state index >= 15 is 0 Å². The Morgan fingerprint density at radius 1 is 1.21 bits per heavy atom. The summed E-state index contributed by atoms with van der Waals surface area (Å²) >= 11 is 0. The van der Waals surface area contributed by atoms with E-state index in [1.54, 1.807) is 4.90 Å². The van der Waals surface area contributed by atoms with Gasteiger partial charge in [0.05, 0.1) is 6.61 Å². The molecule has 0 spiro atoms. The van der Waals surface area contributed by atoms with Crippen molar-refractivity contribution in [1.82, 2.24) is 4.90 Å². The van der Waals surface area contributed by atoms with Crippen LogP contribution < -0.4 is 0 Å². The molecular formula is C15H23NO3. The summed E-state index contributed by atoms with van der Waals surface area (Å²) in [6.45, 7) is 3.32. The second-order valence-corrected chi connectivity index (χ2v) is 4.46. The van der Waals surface area contributed by atoms with Crippen molar-refractivity contribution in [3.63, 3.8) is 0 Å². The van der Waals surface area contributed by atoms with Gasteiger partial charge in [-0.15, -0.1) is 0 Å². The van der Waals surface area contributed by atoms with Gasteiger partial charge < -0.3 is 14.7 Å². The summed E-state index contributed by atoms with van der Waals surface area (Å²) in [5.41, 5.74) is 0.966. The minimum atomic E-state index is -0.353. The minimum absolute atomic E-state index is 0.0352. The van der Waals surface area contributed by atoms with Crippen LogP contribution in [0, 0.1) is 0 Å². The third kappa shape index (κ3) is 6.25. The highest BCUT2D eigenvalue weighted by Gasteiger charge is 2.13. The molecule has 0 atom stereocenters. The number of ether oxygens (including phenoxy) is 1. The third-order valence-corrected chi connectivity index (χ3v) is 2.86. The summed E-state index contributed by atoms with van der Waals surface area (Å²) < 4.78 is 5.25. The van der Waals surface area contributed by atoms with Crippen molar-refractivity contribution in [2.24, 2.45) is 0 Å². The monoisotopic (exact) mass is 265 g/mol. The molecule has 0 radical (unpaired) electrons. The first kappa shape index (κ1) is 15.5. The number of aliphatic hydroxyl groups is 1. The van der Waals surface area contributed by atoms with Gasteiger partial charge in [0.1, 0.15) is 6.61 Å². The van der Waals surface area contributed by atoms with Crippen LogP contribution in [0.2, 0.25) is 0 Å². The van der Waals surface area contributed by atoms with Crippen molar-refractivity contribution in [3.8, 4) is 0 Å². The molecule has 0 aromatic heterocycles. The van der Waals surface area contributed by atoms with Gasteiger partial charge in [-0.25, -0.2) is 4.79 Å². The fourth-order valence-electron chi connectivity index (χ4n) is 1.78. The first-order valence-corrected chi connectivity index (χ1v) is 6.84. The number of hydrogen-bond acceptors (Lipinski definition) is 3. The zero-order valence-electron chi connectivity index (χ0n) is 11.5. The molecule has 0 aliphatic carbocycles. The van der Waals surface area contributed by atoms with Crippen LogP contribution in [-0.4, -0.2) is 35.8 Å². The molecule has 1 aromatic carbocycles. The van der Waals surface area contributed by atoms with E-state index < -0.39 is 0 Å². The fourth-order valence-corrected chi connectivity index (χ4v) is 1.78. The molecular weight excluding hydrogens is 242 g/mol. The van der Waals surface area contributed by atoms with Crippen LogP contribution in [0.3, 0.4) is 0 Å². The first-order valence-electron chi connectivity index (χ1n) is 6.84. The second-order valence-electron chi connectivity index (χ2n) is 4.46. The molecule has 0 saturated carbocycles. The van der Waals surface area contributed by atoms with Crippen molar-refractivity contribution < 1.29 is 14.6 Å². The summed E-state index contributed by atoms with van der Waals surface area (Å²) in [5.74, 6) is 0. The van der Waals surface area contributed by atoms with Crippen LogP contribution in [0.4, 0.5) is 4.79 Å². The van der Waals surface area contributed by atoms with E-state index in [-0.39, 0.29) is 19.3 Å². The van der Waals surface area contributed by atoms with Crippen molar-refractivity contribution in [1.29, 1.82) is 0 Å². The molecule has 106 valence electrons. The molecule has 1 aromatic rings. The number of benzene rings is 1. The molecule has 4 heteroatoms. The second kappa shape index (κ2) is 9.39. The van der Waals surface area contributed by atoms with E-state index in [2.05, 4.69) is 6.92 Å². The number of amides is 1. The lowest BCUT2D eigenvalue weighted by atomic mass is 10.2. The molecule has 0 unspecified atom stereocenters. The summed E-state index contributed by atoms with van der Waals surface area (Å²) in [7, 11) is 0. The molecule has 1 amide bonds. The number of carbonyl (C=O) groups is 1. The molecule has 0 heterocycles. The molecule has 1 N–H and O–H groups in total. The maximum Gasteiger partial charge on any atom is 0.410 e. The maximum absolute atomic E-state index is 11.9. The van der Waals surface area contributed by atoms with Crippen LogP contribution >= 0.6 is 0 Å². The normalized spacial score (nSPS) is 10.2. The van der Waals surface area contributed by atoms with Crippen LogP contribution in [0.15, 0.2) is 30.3 Å². The predicted molar refractivity (Wildman–Crippen MR) is 74.8 cm³/mol. The van der Waals surface area contributed by atoms with Gasteiger partial charge in [0.15, 0.2) is 0 Å². The van der Waals surface area contributed by atoms with Gasteiger partial charge >= 0.3 is 6.09 Å². The van der Waals surface area contributed by atoms with E-state index in [4.69, 9.17) is 9.84 Å². The highest BCUT2D eigenvalue weighted by Crippen LogP contribution is 2.05. The van der Waals surface area contributed by atoms with Crippen LogP contribution in [0.1, 0.15) is 31.7 Å². The van der Waals surface area contributed by atoms with Crippen LogP contribution in [0.25, 0.3) is 0 Å². The number of nitrogens with zero attached hydrogens (tertiary/aromatic N) is 1. The van der Waals surface area contributed by atoms with Gasteiger partial charge in [-0.2, -0.15) is 0 Å². The van der Waals surface area contributed by atoms with Gasteiger partial charge in [0.25, 0.3) is 0 Å². The predicted octanol–water partition coefficient (Wildman–Crippen LogP) is 2.81. The number of carbonyl (C=O) groups excluding carboxylic acids is 1. The topological polar surface area (TPSA) is 49.8 Å². The molecule has 19 heavy (non-hydrogen) atoms. The lowest BCUT2D eigenvalue weighted by Crippen LogP contribution is -2.34. The minimum Gasteiger partial charge on any atom is -0.445 e. The zero-order valence-corrected chi connectivity index (χ0v) is 11.5. The largest absolute Gasteiger partial charge is 0.445 e.